The summed E-state index contributed by atoms with van der Waals surface area (Å²) in [7, 11) is 0. The lowest BCUT2D eigenvalue weighted by molar-refractivity contribution is -0.149. The van der Waals surface area contributed by atoms with Crippen molar-refractivity contribution in [2.75, 3.05) is 4.90 Å². The fourth-order valence-corrected chi connectivity index (χ4v) is 3.77. The second kappa shape index (κ2) is 7.91. The fourth-order valence-electron chi connectivity index (χ4n) is 3.77. The molecule has 0 saturated carbocycles. The molecule has 1 saturated heterocycles. The summed E-state index contributed by atoms with van der Waals surface area (Å²) in [6.07, 6.45) is 0.830. The molecule has 1 aliphatic rings. The largest absolute Gasteiger partial charge is 0.461 e. The molecule has 1 amide bonds. The predicted molar refractivity (Wildman–Crippen MR) is 109 cm³/mol. The average Bonchev–Trinajstić information content (AvgIpc) is 3.09. The Morgan fingerprint density at radius 2 is 1.86 bits per heavy atom. The van der Waals surface area contributed by atoms with Gasteiger partial charge in [0.1, 0.15) is 17.7 Å². The molecule has 2 aromatic carbocycles. The second-order valence-corrected chi connectivity index (χ2v) is 7.20. The number of anilines is 1. The zero-order valence-electron chi connectivity index (χ0n) is 16.0. The van der Waals surface area contributed by atoms with Gasteiger partial charge in [0.2, 0.25) is 5.91 Å². The lowest BCUT2D eigenvalue weighted by Crippen LogP contribution is -2.41. The Balaban J connectivity index is 1.59. The standard InChI is InChI=1S/C23H21NO5/c1-15(13-16-7-3-2-4-8-16)28-23(27)18-11-12-21(25)24(18)19-14-22(26)29-20-10-6-5-9-17(19)20/h2-10,14-15,18H,11-13H2,1H3/t15-,18+/m1/s1. The van der Waals surface area contributed by atoms with Crippen LogP contribution in [0.4, 0.5) is 5.69 Å². The Hall–Kier alpha value is -3.41. The van der Waals surface area contributed by atoms with Crippen molar-refractivity contribution >= 4 is 28.5 Å². The van der Waals surface area contributed by atoms with E-state index in [9.17, 15) is 14.4 Å². The number of ether oxygens (including phenoxy) is 1. The number of esters is 1. The van der Waals surface area contributed by atoms with E-state index in [0.717, 1.165) is 5.56 Å². The molecule has 2 atom stereocenters. The minimum Gasteiger partial charge on any atom is -0.461 e. The van der Waals surface area contributed by atoms with Crippen LogP contribution in [0.3, 0.4) is 0 Å². The Morgan fingerprint density at radius 3 is 2.66 bits per heavy atom. The number of nitrogens with zero attached hydrogens (tertiary/aromatic N) is 1. The van der Waals surface area contributed by atoms with E-state index in [2.05, 4.69) is 0 Å². The van der Waals surface area contributed by atoms with Gasteiger partial charge in [0.05, 0.1) is 5.69 Å². The van der Waals surface area contributed by atoms with Crippen LogP contribution in [0.2, 0.25) is 0 Å². The monoisotopic (exact) mass is 391 g/mol. The summed E-state index contributed by atoms with van der Waals surface area (Å²) >= 11 is 0. The van der Waals surface area contributed by atoms with E-state index in [1.54, 1.807) is 24.3 Å². The molecule has 6 nitrogen and oxygen atoms in total. The zero-order valence-corrected chi connectivity index (χ0v) is 16.0. The van der Waals surface area contributed by atoms with Crippen LogP contribution in [-0.4, -0.2) is 24.0 Å². The highest BCUT2D eigenvalue weighted by molar-refractivity contribution is 6.07. The molecular formula is C23H21NO5. The second-order valence-electron chi connectivity index (χ2n) is 7.20. The topological polar surface area (TPSA) is 76.8 Å². The summed E-state index contributed by atoms with van der Waals surface area (Å²) in [6.45, 7) is 1.83. The number of amides is 1. The van der Waals surface area contributed by atoms with Gasteiger partial charge in [-0.25, -0.2) is 9.59 Å². The molecule has 1 aliphatic heterocycles. The molecule has 2 heterocycles. The minimum atomic E-state index is -0.758. The molecule has 0 bridgehead atoms. The number of hydrogen-bond acceptors (Lipinski definition) is 5. The van der Waals surface area contributed by atoms with Crippen molar-refractivity contribution in [2.45, 2.75) is 38.3 Å². The summed E-state index contributed by atoms with van der Waals surface area (Å²) in [5.74, 6) is -0.671. The first-order valence-electron chi connectivity index (χ1n) is 9.62. The highest BCUT2D eigenvalue weighted by Crippen LogP contribution is 2.32. The van der Waals surface area contributed by atoms with Gasteiger partial charge in [-0.15, -0.1) is 0 Å². The summed E-state index contributed by atoms with van der Waals surface area (Å²) in [4.78, 5) is 38.9. The summed E-state index contributed by atoms with van der Waals surface area (Å²) < 4.78 is 10.9. The molecule has 6 heteroatoms. The number of hydrogen-bond donors (Lipinski definition) is 0. The van der Waals surface area contributed by atoms with Crippen LogP contribution in [0.15, 0.2) is 69.9 Å². The molecule has 0 aliphatic carbocycles. The van der Waals surface area contributed by atoms with Crippen LogP contribution < -0.4 is 10.5 Å². The summed E-state index contributed by atoms with van der Waals surface area (Å²) in [5.41, 5.74) is 1.26. The van der Waals surface area contributed by atoms with Gasteiger partial charge in [-0.2, -0.15) is 0 Å². The van der Waals surface area contributed by atoms with Gasteiger partial charge in [0.15, 0.2) is 0 Å². The normalized spacial score (nSPS) is 17.5. The Bertz CT molecular complexity index is 1100. The number of fused-ring (bicyclic) bond motifs is 1. The van der Waals surface area contributed by atoms with Crippen molar-refractivity contribution in [3.63, 3.8) is 0 Å². The molecule has 0 N–H and O–H groups in total. The molecule has 29 heavy (non-hydrogen) atoms. The van der Waals surface area contributed by atoms with Crippen molar-refractivity contribution in [2.24, 2.45) is 0 Å². The van der Waals surface area contributed by atoms with Gasteiger partial charge in [0.25, 0.3) is 0 Å². The van der Waals surface area contributed by atoms with Crippen LogP contribution in [0.1, 0.15) is 25.3 Å². The van der Waals surface area contributed by atoms with Crippen LogP contribution in [-0.2, 0) is 20.7 Å². The lowest BCUT2D eigenvalue weighted by Gasteiger charge is -2.25. The van der Waals surface area contributed by atoms with Gasteiger partial charge in [-0.1, -0.05) is 42.5 Å². The zero-order chi connectivity index (χ0) is 20.4. The first-order valence-corrected chi connectivity index (χ1v) is 9.62. The fraction of sp³-hybridized carbons (Fsp3) is 0.261. The third-order valence-corrected chi connectivity index (χ3v) is 5.06. The maximum atomic E-state index is 12.9. The molecule has 0 radical (unpaired) electrons. The SMILES string of the molecule is C[C@H](Cc1ccccc1)OC(=O)[C@@H]1CCC(=O)N1c1cc(=O)oc2ccccc12. The Morgan fingerprint density at radius 1 is 1.14 bits per heavy atom. The quantitative estimate of drug-likeness (QED) is 0.492. The lowest BCUT2D eigenvalue weighted by atomic mass is 10.1. The Kier molecular flexibility index (Phi) is 5.16. The minimum absolute atomic E-state index is 0.210. The number of rotatable bonds is 5. The molecule has 4 rings (SSSR count). The number of para-hydroxylation sites is 1. The smallest absolute Gasteiger partial charge is 0.338 e. The van der Waals surface area contributed by atoms with E-state index < -0.39 is 17.6 Å². The van der Waals surface area contributed by atoms with Gasteiger partial charge in [-0.05, 0) is 31.0 Å². The molecule has 148 valence electrons. The van der Waals surface area contributed by atoms with Crippen molar-refractivity contribution in [1.82, 2.24) is 0 Å². The van der Waals surface area contributed by atoms with Gasteiger partial charge < -0.3 is 9.15 Å². The number of carbonyl (C=O) groups is 2. The van der Waals surface area contributed by atoms with Crippen molar-refractivity contribution < 1.29 is 18.7 Å². The van der Waals surface area contributed by atoms with Crippen LogP contribution >= 0.6 is 0 Å². The maximum Gasteiger partial charge on any atom is 0.338 e. The first kappa shape index (κ1) is 18.9. The molecule has 0 unspecified atom stereocenters. The Labute approximate surface area is 167 Å². The maximum absolute atomic E-state index is 12.9. The van der Waals surface area contributed by atoms with E-state index in [1.165, 1.54) is 11.0 Å². The number of benzene rings is 2. The first-order chi connectivity index (χ1) is 14.0. The van der Waals surface area contributed by atoms with Crippen molar-refractivity contribution in [3.05, 3.63) is 76.6 Å². The van der Waals surface area contributed by atoms with Crippen molar-refractivity contribution in [1.29, 1.82) is 0 Å². The van der Waals surface area contributed by atoms with Crippen LogP contribution in [0, 0.1) is 0 Å². The van der Waals surface area contributed by atoms with Gasteiger partial charge >= 0.3 is 11.6 Å². The summed E-state index contributed by atoms with van der Waals surface area (Å²) in [5, 5.41) is 0.609. The van der Waals surface area contributed by atoms with E-state index in [-0.39, 0.29) is 18.4 Å². The van der Waals surface area contributed by atoms with Crippen LogP contribution in [0.5, 0.6) is 0 Å². The summed E-state index contributed by atoms with van der Waals surface area (Å²) in [6, 6.07) is 17.2. The average molecular weight is 391 g/mol. The van der Waals surface area contributed by atoms with Gasteiger partial charge in [0, 0.05) is 24.3 Å². The van der Waals surface area contributed by atoms with E-state index in [0.29, 0.717) is 29.5 Å². The van der Waals surface area contributed by atoms with E-state index in [1.807, 2.05) is 37.3 Å². The van der Waals surface area contributed by atoms with E-state index >= 15 is 0 Å². The molecule has 0 spiro atoms. The molecular weight excluding hydrogens is 370 g/mol. The molecule has 1 aromatic heterocycles. The molecule has 1 fully saturated rings. The highest BCUT2D eigenvalue weighted by Gasteiger charge is 2.39. The van der Waals surface area contributed by atoms with Gasteiger partial charge in [-0.3, -0.25) is 9.69 Å². The van der Waals surface area contributed by atoms with Crippen LogP contribution in [0.25, 0.3) is 11.0 Å². The number of carbonyl (C=O) groups excluding carboxylic acids is 2. The highest BCUT2D eigenvalue weighted by atomic mass is 16.5. The molecule has 3 aromatic rings. The van der Waals surface area contributed by atoms with Crippen molar-refractivity contribution in [3.8, 4) is 0 Å². The third kappa shape index (κ3) is 3.92. The predicted octanol–water partition coefficient (Wildman–Crippen LogP) is 3.46. The third-order valence-electron chi connectivity index (χ3n) is 5.06. The van der Waals surface area contributed by atoms with E-state index in [4.69, 9.17) is 9.15 Å².